The molecule has 0 aliphatic carbocycles. The van der Waals surface area contributed by atoms with Gasteiger partial charge in [0.2, 0.25) is 0 Å². The molecule has 0 unspecified atom stereocenters. The Bertz CT molecular complexity index is 678. The molecule has 0 saturated carbocycles. The van der Waals surface area contributed by atoms with Crippen molar-refractivity contribution in [1.82, 2.24) is 14.9 Å². The molecule has 2 atom stereocenters. The number of aryl methyl sites for hydroxylation is 1. The zero-order valence-electron chi connectivity index (χ0n) is 13.5. The highest BCUT2D eigenvalue weighted by Gasteiger charge is 2.30. The molecule has 25 heavy (non-hydrogen) atoms. The fraction of sp³-hybridized carbons (Fsp3) is 0.562. The fourth-order valence-corrected chi connectivity index (χ4v) is 3.12. The van der Waals surface area contributed by atoms with Gasteiger partial charge in [-0.15, -0.1) is 24.8 Å². The van der Waals surface area contributed by atoms with Crippen LogP contribution < -0.4 is 5.32 Å². The molecule has 3 rings (SSSR count). The van der Waals surface area contributed by atoms with Crippen molar-refractivity contribution in [1.29, 1.82) is 0 Å². The van der Waals surface area contributed by atoms with Crippen molar-refractivity contribution < 1.29 is 18.3 Å². The van der Waals surface area contributed by atoms with E-state index in [0.717, 1.165) is 44.4 Å². The Labute approximate surface area is 156 Å². The van der Waals surface area contributed by atoms with Crippen LogP contribution in [0.1, 0.15) is 31.2 Å². The van der Waals surface area contributed by atoms with Crippen LogP contribution in [0.4, 0.5) is 13.2 Å². The van der Waals surface area contributed by atoms with Crippen molar-refractivity contribution in [2.75, 3.05) is 6.54 Å². The van der Waals surface area contributed by atoms with Gasteiger partial charge in [0.15, 0.2) is 0 Å². The SMILES string of the molecule is Cl.Cl.O[C@H]1CCCN[C@@H]1CCCn1cnc2ccc(C(F)(F)F)cc21. The molecule has 1 fully saturated rings. The van der Waals surface area contributed by atoms with E-state index in [1.54, 1.807) is 10.9 Å². The van der Waals surface area contributed by atoms with Gasteiger partial charge < -0.3 is 15.0 Å². The number of piperidine rings is 1. The lowest BCUT2D eigenvalue weighted by Gasteiger charge is -2.29. The van der Waals surface area contributed by atoms with Crippen LogP contribution in [0.5, 0.6) is 0 Å². The third-order valence-electron chi connectivity index (χ3n) is 4.41. The smallest absolute Gasteiger partial charge is 0.392 e. The maximum absolute atomic E-state index is 12.8. The summed E-state index contributed by atoms with van der Waals surface area (Å²) >= 11 is 0. The number of nitrogens with one attached hydrogen (secondary N) is 1. The summed E-state index contributed by atoms with van der Waals surface area (Å²) in [5.74, 6) is 0. The second kappa shape index (κ2) is 9.07. The van der Waals surface area contributed by atoms with E-state index in [2.05, 4.69) is 10.3 Å². The summed E-state index contributed by atoms with van der Waals surface area (Å²) in [4.78, 5) is 4.15. The zero-order valence-corrected chi connectivity index (χ0v) is 15.1. The third kappa shape index (κ3) is 5.23. The van der Waals surface area contributed by atoms with Crippen molar-refractivity contribution in [3.05, 3.63) is 30.1 Å². The van der Waals surface area contributed by atoms with E-state index in [9.17, 15) is 18.3 Å². The Kier molecular flexibility index (Phi) is 7.99. The number of halogens is 5. The van der Waals surface area contributed by atoms with Crippen LogP contribution in [0.2, 0.25) is 0 Å². The molecular formula is C16H22Cl2F3N3O. The number of nitrogens with zero attached hydrogens (tertiary/aromatic N) is 2. The summed E-state index contributed by atoms with van der Waals surface area (Å²) in [6, 6.07) is 3.68. The van der Waals surface area contributed by atoms with E-state index < -0.39 is 11.7 Å². The third-order valence-corrected chi connectivity index (χ3v) is 4.41. The van der Waals surface area contributed by atoms with Gasteiger partial charge in [-0.3, -0.25) is 0 Å². The number of imidazole rings is 1. The number of rotatable bonds is 4. The van der Waals surface area contributed by atoms with Gasteiger partial charge >= 0.3 is 6.18 Å². The lowest BCUT2D eigenvalue weighted by molar-refractivity contribution is -0.137. The topological polar surface area (TPSA) is 50.1 Å². The molecule has 2 heterocycles. The molecule has 142 valence electrons. The minimum absolute atomic E-state index is 0. The lowest BCUT2D eigenvalue weighted by atomic mass is 9.97. The van der Waals surface area contributed by atoms with E-state index in [0.29, 0.717) is 17.6 Å². The van der Waals surface area contributed by atoms with Crippen molar-refractivity contribution in [3.8, 4) is 0 Å². The van der Waals surface area contributed by atoms with Crippen molar-refractivity contribution in [3.63, 3.8) is 0 Å². The van der Waals surface area contributed by atoms with Crippen LogP contribution in [0.25, 0.3) is 11.0 Å². The van der Waals surface area contributed by atoms with Crippen LogP contribution in [-0.4, -0.2) is 33.3 Å². The van der Waals surface area contributed by atoms with Gasteiger partial charge in [-0.05, 0) is 50.4 Å². The Morgan fingerprint density at radius 3 is 2.72 bits per heavy atom. The maximum atomic E-state index is 12.8. The number of hydrogen-bond acceptors (Lipinski definition) is 3. The van der Waals surface area contributed by atoms with Gasteiger partial charge in [0.1, 0.15) is 0 Å². The molecule has 0 spiro atoms. The molecule has 1 aliphatic heterocycles. The number of hydrogen-bond donors (Lipinski definition) is 2. The average molecular weight is 400 g/mol. The Balaban J connectivity index is 0.00000156. The molecular weight excluding hydrogens is 378 g/mol. The normalized spacial score (nSPS) is 20.8. The Hall–Kier alpha value is -1.02. The predicted octanol–water partition coefficient (Wildman–Crippen LogP) is 3.79. The van der Waals surface area contributed by atoms with Gasteiger partial charge in [0.25, 0.3) is 0 Å². The molecule has 0 radical (unpaired) electrons. The van der Waals surface area contributed by atoms with Crippen LogP contribution in [0, 0.1) is 0 Å². The van der Waals surface area contributed by atoms with Gasteiger partial charge in [0.05, 0.1) is 29.0 Å². The minimum atomic E-state index is -4.35. The highest BCUT2D eigenvalue weighted by Crippen LogP contribution is 2.31. The minimum Gasteiger partial charge on any atom is -0.392 e. The molecule has 1 aromatic heterocycles. The molecule has 0 amide bonds. The average Bonchev–Trinajstić information content (AvgIpc) is 2.91. The standard InChI is InChI=1S/C16H20F3N3O.2ClH/c17-16(18,19)11-5-6-12-14(9-11)22(10-21-12)8-2-3-13-15(23)4-1-7-20-13;;/h5-6,9-10,13,15,20,23H,1-4,7-8H2;2*1H/t13-,15+;;/m1../s1. The Morgan fingerprint density at radius 2 is 2.04 bits per heavy atom. The summed E-state index contributed by atoms with van der Waals surface area (Å²) in [7, 11) is 0. The first-order valence-corrected chi connectivity index (χ1v) is 7.89. The molecule has 1 saturated heterocycles. The first-order valence-electron chi connectivity index (χ1n) is 7.89. The zero-order chi connectivity index (χ0) is 16.4. The van der Waals surface area contributed by atoms with E-state index >= 15 is 0 Å². The van der Waals surface area contributed by atoms with E-state index in [1.165, 1.54) is 6.07 Å². The molecule has 1 aliphatic rings. The largest absolute Gasteiger partial charge is 0.416 e. The highest BCUT2D eigenvalue weighted by molar-refractivity contribution is 5.85. The van der Waals surface area contributed by atoms with Crippen molar-refractivity contribution >= 4 is 35.8 Å². The number of alkyl halides is 3. The van der Waals surface area contributed by atoms with Crippen molar-refractivity contribution in [2.45, 2.75) is 50.6 Å². The van der Waals surface area contributed by atoms with E-state index in [1.807, 2.05) is 0 Å². The number of aromatic nitrogens is 2. The number of benzene rings is 1. The molecule has 2 N–H and O–H groups in total. The van der Waals surface area contributed by atoms with Gasteiger partial charge in [-0.2, -0.15) is 13.2 Å². The highest BCUT2D eigenvalue weighted by atomic mass is 35.5. The Morgan fingerprint density at radius 1 is 1.28 bits per heavy atom. The summed E-state index contributed by atoms with van der Waals surface area (Å²) in [6.45, 7) is 1.49. The van der Waals surface area contributed by atoms with E-state index in [-0.39, 0.29) is 37.0 Å². The summed E-state index contributed by atoms with van der Waals surface area (Å²) in [6.07, 6.45) is 0.246. The van der Waals surface area contributed by atoms with Gasteiger partial charge in [-0.25, -0.2) is 4.98 Å². The first kappa shape index (κ1) is 22.0. The van der Waals surface area contributed by atoms with Crippen LogP contribution in [0.15, 0.2) is 24.5 Å². The van der Waals surface area contributed by atoms with Crippen LogP contribution >= 0.6 is 24.8 Å². The summed E-state index contributed by atoms with van der Waals surface area (Å²) < 4.78 is 40.2. The summed E-state index contributed by atoms with van der Waals surface area (Å²) in [5.41, 5.74) is 0.405. The molecule has 4 nitrogen and oxygen atoms in total. The van der Waals surface area contributed by atoms with Crippen LogP contribution in [-0.2, 0) is 12.7 Å². The maximum Gasteiger partial charge on any atom is 0.416 e. The van der Waals surface area contributed by atoms with E-state index in [4.69, 9.17) is 0 Å². The number of aliphatic hydroxyl groups is 1. The lowest BCUT2D eigenvalue weighted by Crippen LogP contribution is -2.44. The van der Waals surface area contributed by atoms with Gasteiger partial charge in [-0.1, -0.05) is 0 Å². The fourth-order valence-electron chi connectivity index (χ4n) is 3.12. The molecule has 9 heteroatoms. The van der Waals surface area contributed by atoms with Crippen LogP contribution in [0.3, 0.4) is 0 Å². The predicted molar refractivity (Wildman–Crippen MR) is 95.5 cm³/mol. The second-order valence-corrected chi connectivity index (χ2v) is 6.05. The quantitative estimate of drug-likeness (QED) is 0.821. The number of aliphatic hydroxyl groups excluding tert-OH is 1. The summed E-state index contributed by atoms with van der Waals surface area (Å²) in [5, 5.41) is 13.2. The van der Waals surface area contributed by atoms with Gasteiger partial charge in [0, 0.05) is 12.6 Å². The monoisotopic (exact) mass is 399 g/mol. The number of fused-ring (bicyclic) bond motifs is 1. The first-order chi connectivity index (χ1) is 10.9. The van der Waals surface area contributed by atoms with Crippen molar-refractivity contribution in [2.24, 2.45) is 0 Å². The molecule has 1 aromatic carbocycles. The molecule has 0 bridgehead atoms. The second-order valence-electron chi connectivity index (χ2n) is 6.05. The molecule has 2 aromatic rings.